The molecule has 1 aromatic carbocycles. The lowest BCUT2D eigenvalue weighted by atomic mass is 9.92. The highest BCUT2D eigenvalue weighted by molar-refractivity contribution is 5.83. The van der Waals surface area contributed by atoms with E-state index in [0.717, 1.165) is 17.5 Å². The molecule has 17 heavy (non-hydrogen) atoms. The smallest absolute Gasteiger partial charge is 0.224 e. The Morgan fingerprint density at radius 2 is 2.00 bits per heavy atom. The van der Waals surface area contributed by atoms with Crippen molar-refractivity contribution in [1.82, 2.24) is 0 Å². The number of benzene rings is 1. The Labute approximate surface area is 101 Å². The molecule has 0 fully saturated rings. The Hall–Kier alpha value is -1.84. The van der Waals surface area contributed by atoms with Gasteiger partial charge < -0.3 is 11.5 Å². The van der Waals surface area contributed by atoms with E-state index in [1.807, 2.05) is 31.2 Å². The number of nitrogens with two attached hydrogens (primary N) is 2. The Bertz CT molecular complexity index is 416. The zero-order valence-electron chi connectivity index (χ0n) is 9.98. The average molecular weight is 234 g/mol. The molecule has 2 amide bonds. The van der Waals surface area contributed by atoms with E-state index in [1.165, 1.54) is 0 Å². The molecule has 0 aliphatic rings. The van der Waals surface area contributed by atoms with E-state index in [9.17, 15) is 9.59 Å². The van der Waals surface area contributed by atoms with E-state index in [2.05, 4.69) is 0 Å². The first-order valence-electron chi connectivity index (χ1n) is 5.71. The molecule has 0 aliphatic carbocycles. The molecule has 0 heterocycles. The number of hydrogen-bond acceptors (Lipinski definition) is 2. The molecule has 1 aromatic rings. The molecule has 0 aromatic heterocycles. The fourth-order valence-electron chi connectivity index (χ4n) is 1.79. The third kappa shape index (κ3) is 3.90. The first kappa shape index (κ1) is 13.2. The Morgan fingerprint density at radius 1 is 1.29 bits per heavy atom. The normalized spacial score (nSPS) is 12.1. The molecule has 0 spiro atoms. The molecule has 0 aliphatic heterocycles. The van der Waals surface area contributed by atoms with Crippen LogP contribution in [0.5, 0.6) is 0 Å². The van der Waals surface area contributed by atoms with Crippen LogP contribution in [0.4, 0.5) is 0 Å². The average Bonchev–Trinajstić information content (AvgIpc) is 2.28. The molecular formula is C13H18N2O2. The van der Waals surface area contributed by atoms with Crippen LogP contribution >= 0.6 is 0 Å². The Morgan fingerprint density at radius 3 is 2.53 bits per heavy atom. The van der Waals surface area contributed by atoms with Gasteiger partial charge in [0.05, 0.1) is 5.92 Å². The summed E-state index contributed by atoms with van der Waals surface area (Å²) in [6.07, 6.45) is 1.44. The fourth-order valence-corrected chi connectivity index (χ4v) is 1.79. The molecule has 1 rings (SSSR count). The molecule has 1 unspecified atom stereocenters. The minimum Gasteiger partial charge on any atom is -0.370 e. The van der Waals surface area contributed by atoms with Gasteiger partial charge in [-0.1, -0.05) is 31.2 Å². The molecule has 0 saturated heterocycles. The van der Waals surface area contributed by atoms with Gasteiger partial charge in [0.25, 0.3) is 0 Å². The second-order valence-electron chi connectivity index (χ2n) is 4.06. The van der Waals surface area contributed by atoms with Crippen LogP contribution in [-0.4, -0.2) is 11.8 Å². The fraction of sp³-hybridized carbons (Fsp3) is 0.385. The van der Waals surface area contributed by atoms with Crippen LogP contribution in [0.15, 0.2) is 24.3 Å². The van der Waals surface area contributed by atoms with Gasteiger partial charge in [-0.3, -0.25) is 9.59 Å². The van der Waals surface area contributed by atoms with E-state index in [1.54, 1.807) is 0 Å². The predicted molar refractivity (Wildman–Crippen MR) is 66.2 cm³/mol. The first-order chi connectivity index (χ1) is 8.04. The summed E-state index contributed by atoms with van der Waals surface area (Å²) >= 11 is 0. The monoisotopic (exact) mass is 234 g/mol. The third-order valence-electron chi connectivity index (χ3n) is 2.78. The highest BCUT2D eigenvalue weighted by Crippen LogP contribution is 2.22. The van der Waals surface area contributed by atoms with Gasteiger partial charge >= 0.3 is 0 Å². The van der Waals surface area contributed by atoms with Crippen LogP contribution in [0.1, 0.15) is 36.8 Å². The summed E-state index contributed by atoms with van der Waals surface area (Å²) in [5.74, 6) is -1.27. The molecular weight excluding hydrogens is 216 g/mol. The summed E-state index contributed by atoms with van der Waals surface area (Å²) in [6, 6.07) is 7.70. The van der Waals surface area contributed by atoms with Crippen LogP contribution in [0, 0.1) is 0 Å². The topological polar surface area (TPSA) is 86.2 Å². The lowest BCUT2D eigenvalue weighted by molar-refractivity contribution is -0.120. The highest BCUT2D eigenvalue weighted by Gasteiger charge is 2.18. The number of rotatable bonds is 6. The van der Waals surface area contributed by atoms with Crippen LogP contribution in [-0.2, 0) is 16.0 Å². The van der Waals surface area contributed by atoms with Crippen molar-refractivity contribution in [2.75, 3.05) is 0 Å². The summed E-state index contributed by atoms with van der Waals surface area (Å²) in [5, 5.41) is 0. The van der Waals surface area contributed by atoms with Crippen molar-refractivity contribution in [2.24, 2.45) is 11.5 Å². The van der Waals surface area contributed by atoms with E-state index < -0.39 is 17.7 Å². The lowest BCUT2D eigenvalue weighted by Crippen LogP contribution is -2.23. The second-order valence-corrected chi connectivity index (χ2v) is 4.06. The number of carbonyl (C=O) groups excluding carboxylic acids is 2. The molecule has 4 N–H and O–H groups in total. The molecule has 0 saturated carbocycles. The van der Waals surface area contributed by atoms with E-state index in [4.69, 9.17) is 11.5 Å². The molecule has 4 heteroatoms. The van der Waals surface area contributed by atoms with Gasteiger partial charge in [-0.2, -0.15) is 0 Å². The van der Waals surface area contributed by atoms with Crippen molar-refractivity contribution >= 4 is 11.8 Å². The van der Waals surface area contributed by atoms with Crippen LogP contribution in [0.3, 0.4) is 0 Å². The van der Waals surface area contributed by atoms with Gasteiger partial charge in [0.1, 0.15) is 0 Å². The van der Waals surface area contributed by atoms with Gasteiger partial charge in [0.15, 0.2) is 0 Å². The molecule has 92 valence electrons. The standard InChI is InChI=1S/C13H18N2O2/c1-2-9-4-3-5-10(8-9)11(13(15)17)6-7-12(14)16/h3-5,8,11H,2,6-7H2,1H3,(H2,14,16)(H2,15,17). The minimum atomic E-state index is -0.436. The number of hydrogen-bond donors (Lipinski definition) is 2. The SMILES string of the molecule is CCc1cccc(C(CCC(N)=O)C(N)=O)c1. The number of aryl methyl sites for hydroxylation is 1. The summed E-state index contributed by atoms with van der Waals surface area (Å²) in [6.45, 7) is 2.04. The largest absolute Gasteiger partial charge is 0.370 e. The van der Waals surface area contributed by atoms with Gasteiger partial charge in [-0.25, -0.2) is 0 Å². The minimum absolute atomic E-state index is 0.171. The van der Waals surface area contributed by atoms with Crippen molar-refractivity contribution in [3.8, 4) is 0 Å². The van der Waals surface area contributed by atoms with Gasteiger partial charge in [-0.15, -0.1) is 0 Å². The summed E-state index contributed by atoms with van der Waals surface area (Å²) in [7, 11) is 0. The second kappa shape index (κ2) is 6.03. The summed E-state index contributed by atoms with van der Waals surface area (Å²) in [5.41, 5.74) is 12.4. The maximum absolute atomic E-state index is 11.4. The zero-order valence-corrected chi connectivity index (χ0v) is 9.98. The van der Waals surface area contributed by atoms with E-state index >= 15 is 0 Å². The van der Waals surface area contributed by atoms with Crippen molar-refractivity contribution in [1.29, 1.82) is 0 Å². The highest BCUT2D eigenvalue weighted by atomic mass is 16.1. The van der Waals surface area contributed by atoms with Crippen molar-refractivity contribution in [2.45, 2.75) is 32.1 Å². The maximum atomic E-state index is 11.4. The zero-order chi connectivity index (χ0) is 12.8. The quantitative estimate of drug-likeness (QED) is 0.771. The third-order valence-corrected chi connectivity index (χ3v) is 2.78. The molecule has 4 nitrogen and oxygen atoms in total. The van der Waals surface area contributed by atoms with Crippen LogP contribution < -0.4 is 11.5 Å². The molecule has 0 radical (unpaired) electrons. The van der Waals surface area contributed by atoms with Crippen LogP contribution in [0.25, 0.3) is 0 Å². The lowest BCUT2D eigenvalue weighted by Gasteiger charge is -2.13. The van der Waals surface area contributed by atoms with Gasteiger partial charge in [-0.05, 0) is 24.0 Å². The first-order valence-corrected chi connectivity index (χ1v) is 5.71. The predicted octanol–water partition coefficient (Wildman–Crippen LogP) is 1.08. The molecule has 0 bridgehead atoms. The van der Waals surface area contributed by atoms with Gasteiger partial charge in [0.2, 0.25) is 11.8 Å². The number of primary amides is 2. The number of carbonyl (C=O) groups is 2. The number of amides is 2. The van der Waals surface area contributed by atoms with Crippen molar-refractivity contribution < 1.29 is 9.59 Å². The van der Waals surface area contributed by atoms with E-state index in [-0.39, 0.29) is 6.42 Å². The van der Waals surface area contributed by atoms with E-state index in [0.29, 0.717) is 6.42 Å². The van der Waals surface area contributed by atoms with Crippen LogP contribution in [0.2, 0.25) is 0 Å². The Kier molecular flexibility index (Phi) is 4.69. The Balaban J connectivity index is 2.88. The maximum Gasteiger partial charge on any atom is 0.224 e. The van der Waals surface area contributed by atoms with Gasteiger partial charge in [0, 0.05) is 6.42 Å². The summed E-state index contributed by atoms with van der Waals surface area (Å²) in [4.78, 5) is 22.1. The van der Waals surface area contributed by atoms with Crippen molar-refractivity contribution in [3.05, 3.63) is 35.4 Å². The summed E-state index contributed by atoms with van der Waals surface area (Å²) < 4.78 is 0. The molecule has 1 atom stereocenters. The van der Waals surface area contributed by atoms with Crippen molar-refractivity contribution in [3.63, 3.8) is 0 Å².